The molecule has 4 unspecified atom stereocenters. The van der Waals surface area contributed by atoms with E-state index in [-0.39, 0.29) is 0 Å². The van der Waals surface area contributed by atoms with Gasteiger partial charge < -0.3 is 40.9 Å². The molecule has 0 saturated heterocycles. The molecule has 0 amide bonds. The van der Waals surface area contributed by atoms with E-state index in [2.05, 4.69) is 0 Å². The second-order valence-corrected chi connectivity index (χ2v) is 2.86. The monoisotopic (exact) mass is 214 g/mol. The molecule has 8 nitrogen and oxygen atoms in total. The summed E-state index contributed by atoms with van der Waals surface area (Å²) in [6, 6.07) is 0. The zero-order chi connectivity index (χ0) is 11.5. The minimum absolute atomic E-state index is 0.903. The summed E-state index contributed by atoms with van der Waals surface area (Å²) in [6.45, 7) is -0.903. The zero-order valence-electron chi connectivity index (χ0n) is 7.09. The number of aliphatic hydroxyl groups excluding tert-OH is 5. The average molecular weight is 214 g/mol. The molecule has 8 heteroatoms. The Morgan fingerprint density at radius 2 is 1.29 bits per heavy atom. The van der Waals surface area contributed by atoms with Crippen LogP contribution in [0.4, 0.5) is 0 Å². The lowest BCUT2D eigenvalue weighted by Crippen LogP contribution is -2.55. The highest BCUT2D eigenvalue weighted by atomic mass is 16.7. The molecule has 86 valence electrons. The van der Waals surface area contributed by atoms with Gasteiger partial charge in [-0.1, -0.05) is 0 Å². The maximum absolute atomic E-state index is 8.97. The highest BCUT2D eigenvalue weighted by molar-refractivity contribution is 4.83. The molecule has 0 aliphatic heterocycles. The van der Waals surface area contributed by atoms with E-state index in [4.69, 9.17) is 40.9 Å². The van der Waals surface area contributed by atoms with Crippen molar-refractivity contribution in [1.29, 1.82) is 0 Å². The first-order valence-electron chi connectivity index (χ1n) is 3.72. The van der Waals surface area contributed by atoms with Crippen LogP contribution in [0.5, 0.6) is 0 Å². The maximum Gasteiger partial charge on any atom is 0.305 e. The summed E-state index contributed by atoms with van der Waals surface area (Å²) in [5.41, 5.74) is 0. The summed E-state index contributed by atoms with van der Waals surface area (Å²) < 4.78 is 0. The van der Waals surface area contributed by atoms with Gasteiger partial charge in [-0.05, 0) is 0 Å². The van der Waals surface area contributed by atoms with Crippen molar-refractivity contribution in [2.45, 2.75) is 30.4 Å². The minimum atomic E-state index is -3.60. The number of aliphatic hydroxyl groups is 8. The molecule has 4 atom stereocenters. The third-order valence-corrected chi connectivity index (χ3v) is 1.65. The molecule has 0 aromatic carbocycles. The van der Waals surface area contributed by atoms with Crippen LogP contribution in [-0.2, 0) is 0 Å². The van der Waals surface area contributed by atoms with E-state index in [0.29, 0.717) is 0 Å². The largest absolute Gasteiger partial charge is 0.394 e. The summed E-state index contributed by atoms with van der Waals surface area (Å²) in [7, 11) is 0. The number of hydrogen-bond acceptors (Lipinski definition) is 8. The van der Waals surface area contributed by atoms with E-state index in [1.807, 2.05) is 0 Å². The van der Waals surface area contributed by atoms with Crippen molar-refractivity contribution >= 4 is 0 Å². The topological polar surface area (TPSA) is 162 Å². The Morgan fingerprint density at radius 3 is 1.57 bits per heavy atom. The van der Waals surface area contributed by atoms with E-state index < -0.39 is 37.0 Å². The molecule has 0 heterocycles. The predicted molar refractivity (Wildman–Crippen MR) is 40.5 cm³/mol. The summed E-state index contributed by atoms with van der Waals surface area (Å²) in [5, 5.41) is 69.1. The Morgan fingerprint density at radius 1 is 0.857 bits per heavy atom. The van der Waals surface area contributed by atoms with Gasteiger partial charge in [0.1, 0.15) is 18.3 Å². The van der Waals surface area contributed by atoms with E-state index in [1.165, 1.54) is 0 Å². The van der Waals surface area contributed by atoms with Gasteiger partial charge in [0, 0.05) is 0 Å². The first-order chi connectivity index (χ1) is 6.21. The lowest BCUT2D eigenvalue weighted by molar-refractivity contribution is -0.371. The standard InChI is InChI=1S/C6H14O8/c7-1-2(8)3(9)4(10)5(11)6(12,13)14/h2-5,7-14H,1H2. The molecule has 0 aliphatic rings. The molecule has 0 aromatic heterocycles. The Balaban J connectivity index is 4.38. The van der Waals surface area contributed by atoms with Crippen LogP contribution in [0.15, 0.2) is 0 Å². The fourth-order valence-electron chi connectivity index (χ4n) is 0.751. The van der Waals surface area contributed by atoms with Crippen molar-refractivity contribution in [3.05, 3.63) is 0 Å². The first-order valence-corrected chi connectivity index (χ1v) is 3.72. The molecular formula is C6H14O8. The van der Waals surface area contributed by atoms with Crippen LogP contribution in [0, 0.1) is 0 Å². The van der Waals surface area contributed by atoms with Gasteiger partial charge in [0.25, 0.3) is 0 Å². The molecule has 0 bridgehead atoms. The van der Waals surface area contributed by atoms with Gasteiger partial charge in [-0.2, -0.15) is 0 Å². The van der Waals surface area contributed by atoms with Gasteiger partial charge in [-0.3, -0.25) is 0 Å². The molecule has 8 N–H and O–H groups in total. The second-order valence-electron chi connectivity index (χ2n) is 2.86. The van der Waals surface area contributed by atoms with Gasteiger partial charge in [-0.25, -0.2) is 0 Å². The second kappa shape index (κ2) is 4.96. The first kappa shape index (κ1) is 13.7. The summed E-state index contributed by atoms with van der Waals surface area (Å²) in [4.78, 5) is 0. The van der Waals surface area contributed by atoms with E-state index in [0.717, 1.165) is 0 Å². The Labute approximate surface area is 78.9 Å². The average Bonchev–Trinajstić information content (AvgIpc) is 2.11. The SMILES string of the molecule is OCC(O)C(O)C(O)C(O)C(O)(O)O. The molecular weight excluding hydrogens is 200 g/mol. The normalized spacial score (nSPS) is 21.4. The van der Waals surface area contributed by atoms with Crippen molar-refractivity contribution in [3.63, 3.8) is 0 Å². The number of rotatable bonds is 5. The lowest BCUT2D eigenvalue weighted by Gasteiger charge is -2.29. The minimum Gasteiger partial charge on any atom is -0.394 e. The third kappa shape index (κ3) is 3.44. The van der Waals surface area contributed by atoms with Gasteiger partial charge in [-0.15, -0.1) is 0 Å². The molecule has 0 aliphatic carbocycles. The quantitative estimate of drug-likeness (QED) is 0.211. The van der Waals surface area contributed by atoms with Crippen LogP contribution in [-0.4, -0.2) is 77.8 Å². The molecule has 0 saturated carbocycles. The van der Waals surface area contributed by atoms with Crippen LogP contribution in [0.3, 0.4) is 0 Å². The van der Waals surface area contributed by atoms with E-state index >= 15 is 0 Å². The Bertz CT molecular complexity index is 166. The molecule has 0 aromatic rings. The van der Waals surface area contributed by atoms with Crippen LogP contribution < -0.4 is 0 Å². The van der Waals surface area contributed by atoms with Crippen molar-refractivity contribution < 1.29 is 40.9 Å². The highest BCUT2D eigenvalue weighted by Gasteiger charge is 2.41. The highest BCUT2D eigenvalue weighted by Crippen LogP contribution is 2.12. The predicted octanol–water partition coefficient (Wildman–Crippen LogP) is -4.95. The summed E-state index contributed by atoms with van der Waals surface area (Å²) >= 11 is 0. The smallest absolute Gasteiger partial charge is 0.305 e. The van der Waals surface area contributed by atoms with E-state index in [9.17, 15) is 0 Å². The molecule has 0 rings (SSSR count). The lowest BCUT2D eigenvalue weighted by atomic mass is 10.0. The number of hydrogen-bond donors (Lipinski definition) is 8. The Kier molecular flexibility index (Phi) is 4.84. The van der Waals surface area contributed by atoms with Crippen molar-refractivity contribution in [2.75, 3.05) is 6.61 Å². The van der Waals surface area contributed by atoms with Crippen molar-refractivity contribution in [3.8, 4) is 0 Å². The fraction of sp³-hybridized carbons (Fsp3) is 1.00. The van der Waals surface area contributed by atoms with Gasteiger partial charge in [0.05, 0.1) is 6.61 Å². The van der Waals surface area contributed by atoms with E-state index in [1.54, 1.807) is 0 Å². The molecule has 0 spiro atoms. The zero-order valence-corrected chi connectivity index (χ0v) is 7.09. The molecule has 14 heavy (non-hydrogen) atoms. The maximum atomic E-state index is 8.97. The van der Waals surface area contributed by atoms with Crippen LogP contribution in [0.2, 0.25) is 0 Å². The van der Waals surface area contributed by atoms with Crippen LogP contribution >= 0.6 is 0 Å². The third-order valence-electron chi connectivity index (χ3n) is 1.65. The fourth-order valence-corrected chi connectivity index (χ4v) is 0.751. The van der Waals surface area contributed by atoms with Gasteiger partial charge in [0.2, 0.25) is 0 Å². The molecule has 0 fully saturated rings. The summed E-state index contributed by atoms with van der Waals surface area (Å²) in [5.74, 6) is -3.60. The van der Waals surface area contributed by atoms with Crippen molar-refractivity contribution in [2.24, 2.45) is 0 Å². The van der Waals surface area contributed by atoms with Crippen molar-refractivity contribution in [1.82, 2.24) is 0 Å². The molecule has 0 radical (unpaired) electrons. The van der Waals surface area contributed by atoms with Crippen LogP contribution in [0.25, 0.3) is 0 Å². The van der Waals surface area contributed by atoms with Crippen LogP contribution in [0.1, 0.15) is 0 Å². The Hall–Kier alpha value is -0.320. The van der Waals surface area contributed by atoms with Gasteiger partial charge in [0.15, 0.2) is 6.10 Å². The summed E-state index contributed by atoms with van der Waals surface area (Å²) in [6.07, 6.45) is -8.53. The van der Waals surface area contributed by atoms with Gasteiger partial charge >= 0.3 is 5.97 Å².